The molecule has 1 N–H and O–H groups in total. The Kier molecular flexibility index (Phi) is 4.65. The van der Waals surface area contributed by atoms with Crippen LogP contribution in [0.15, 0.2) is 42.5 Å². The Morgan fingerprint density at radius 3 is 2.57 bits per heavy atom. The number of ether oxygens (including phenoxy) is 1. The first-order chi connectivity index (χ1) is 10.0. The topological polar surface area (TPSA) is 46.5 Å². The highest BCUT2D eigenvalue weighted by Gasteiger charge is 2.18. The molecule has 0 spiro atoms. The van der Waals surface area contributed by atoms with Gasteiger partial charge in [-0.2, -0.15) is 0 Å². The standard InChI is InChI=1S/C16H14F2O3/c1-21-15(19)8-10-5-6-13(18)9-14(10)16(20)11-3-2-4-12(17)7-11/h2-7,9,16,20H,8H2,1H3. The van der Waals surface area contributed by atoms with E-state index in [0.717, 1.165) is 12.1 Å². The van der Waals surface area contributed by atoms with Gasteiger partial charge in [0.25, 0.3) is 0 Å². The van der Waals surface area contributed by atoms with Gasteiger partial charge in [-0.25, -0.2) is 8.78 Å². The van der Waals surface area contributed by atoms with E-state index in [-0.39, 0.29) is 17.5 Å². The largest absolute Gasteiger partial charge is 0.469 e. The number of methoxy groups -OCH3 is 1. The molecule has 0 saturated carbocycles. The number of aliphatic hydroxyl groups is 1. The molecule has 0 amide bonds. The van der Waals surface area contributed by atoms with E-state index in [4.69, 9.17) is 0 Å². The minimum absolute atomic E-state index is 0.0987. The van der Waals surface area contributed by atoms with E-state index in [1.807, 2.05) is 0 Å². The lowest BCUT2D eigenvalue weighted by Gasteiger charge is -2.16. The van der Waals surface area contributed by atoms with Crippen LogP contribution in [-0.2, 0) is 16.0 Å². The summed E-state index contributed by atoms with van der Waals surface area (Å²) in [6.07, 6.45) is -1.32. The van der Waals surface area contributed by atoms with E-state index in [1.54, 1.807) is 0 Å². The zero-order chi connectivity index (χ0) is 15.4. The molecule has 0 aliphatic carbocycles. The summed E-state index contributed by atoms with van der Waals surface area (Å²) < 4.78 is 31.2. The van der Waals surface area contributed by atoms with Crippen LogP contribution < -0.4 is 0 Å². The number of hydrogen-bond donors (Lipinski definition) is 1. The van der Waals surface area contributed by atoms with Crippen LogP contribution in [0.4, 0.5) is 8.78 Å². The second kappa shape index (κ2) is 6.45. The summed E-state index contributed by atoms with van der Waals surface area (Å²) in [6, 6.07) is 9.13. The molecular formula is C16H14F2O3. The molecule has 21 heavy (non-hydrogen) atoms. The van der Waals surface area contributed by atoms with Crippen molar-refractivity contribution in [2.75, 3.05) is 7.11 Å². The van der Waals surface area contributed by atoms with E-state index >= 15 is 0 Å². The second-order valence-corrected chi connectivity index (χ2v) is 4.55. The molecule has 0 heterocycles. The molecule has 0 aromatic heterocycles. The van der Waals surface area contributed by atoms with Crippen molar-refractivity contribution >= 4 is 5.97 Å². The van der Waals surface area contributed by atoms with E-state index in [9.17, 15) is 18.7 Å². The van der Waals surface area contributed by atoms with Crippen LogP contribution in [-0.4, -0.2) is 18.2 Å². The van der Waals surface area contributed by atoms with Gasteiger partial charge in [0.2, 0.25) is 0 Å². The zero-order valence-electron chi connectivity index (χ0n) is 11.3. The van der Waals surface area contributed by atoms with Gasteiger partial charge in [-0.3, -0.25) is 4.79 Å². The van der Waals surface area contributed by atoms with Gasteiger partial charge in [-0.05, 0) is 41.0 Å². The lowest BCUT2D eigenvalue weighted by molar-refractivity contribution is -0.139. The van der Waals surface area contributed by atoms with Crippen LogP contribution in [0.5, 0.6) is 0 Å². The van der Waals surface area contributed by atoms with Gasteiger partial charge in [-0.1, -0.05) is 18.2 Å². The van der Waals surface area contributed by atoms with Crippen molar-refractivity contribution < 1.29 is 23.4 Å². The molecule has 1 atom stereocenters. The minimum Gasteiger partial charge on any atom is -0.469 e. The molecule has 1 unspecified atom stereocenters. The van der Waals surface area contributed by atoms with Crippen molar-refractivity contribution in [2.24, 2.45) is 0 Å². The smallest absolute Gasteiger partial charge is 0.309 e. The highest BCUT2D eigenvalue weighted by molar-refractivity contribution is 5.73. The van der Waals surface area contributed by atoms with Crippen molar-refractivity contribution in [2.45, 2.75) is 12.5 Å². The summed E-state index contributed by atoms with van der Waals surface area (Å²) in [5.41, 5.74) is 0.928. The van der Waals surface area contributed by atoms with Crippen LogP contribution in [0.2, 0.25) is 0 Å². The SMILES string of the molecule is COC(=O)Cc1ccc(F)cc1C(O)c1cccc(F)c1. The molecule has 2 rings (SSSR count). The monoisotopic (exact) mass is 292 g/mol. The Balaban J connectivity index is 2.41. The lowest BCUT2D eigenvalue weighted by atomic mass is 9.95. The van der Waals surface area contributed by atoms with Gasteiger partial charge in [0.05, 0.1) is 13.5 Å². The minimum atomic E-state index is -1.23. The van der Waals surface area contributed by atoms with Gasteiger partial charge in [0.1, 0.15) is 17.7 Å². The Morgan fingerprint density at radius 2 is 1.90 bits per heavy atom. The molecular weight excluding hydrogens is 278 g/mol. The van der Waals surface area contributed by atoms with Gasteiger partial charge in [-0.15, -0.1) is 0 Å². The van der Waals surface area contributed by atoms with Gasteiger partial charge in [0, 0.05) is 0 Å². The van der Waals surface area contributed by atoms with E-state index in [1.165, 1.54) is 37.4 Å². The summed E-state index contributed by atoms with van der Waals surface area (Å²) >= 11 is 0. The molecule has 5 heteroatoms. The van der Waals surface area contributed by atoms with Crippen molar-refractivity contribution in [1.29, 1.82) is 0 Å². The molecule has 0 saturated heterocycles. The molecule has 3 nitrogen and oxygen atoms in total. The Bertz CT molecular complexity index is 656. The molecule has 2 aromatic rings. The van der Waals surface area contributed by atoms with E-state index in [2.05, 4.69) is 4.74 Å². The van der Waals surface area contributed by atoms with Crippen molar-refractivity contribution in [3.8, 4) is 0 Å². The van der Waals surface area contributed by atoms with Gasteiger partial charge in [0.15, 0.2) is 0 Å². The maximum absolute atomic E-state index is 13.4. The number of rotatable bonds is 4. The number of benzene rings is 2. The highest BCUT2D eigenvalue weighted by Crippen LogP contribution is 2.27. The lowest BCUT2D eigenvalue weighted by Crippen LogP contribution is -2.10. The van der Waals surface area contributed by atoms with Crippen molar-refractivity contribution in [3.05, 3.63) is 70.8 Å². The Morgan fingerprint density at radius 1 is 1.19 bits per heavy atom. The van der Waals surface area contributed by atoms with Crippen molar-refractivity contribution in [3.63, 3.8) is 0 Å². The Labute approximate surface area is 120 Å². The molecule has 110 valence electrons. The van der Waals surface area contributed by atoms with E-state index in [0.29, 0.717) is 5.56 Å². The third-order valence-electron chi connectivity index (χ3n) is 3.13. The van der Waals surface area contributed by atoms with Gasteiger partial charge >= 0.3 is 5.97 Å². The predicted molar refractivity (Wildman–Crippen MR) is 72.6 cm³/mol. The Hall–Kier alpha value is -2.27. The molecule has 0 radical (unpaired) electrons. The summed E-state index contributed by atoms with van der Waals surface area (Å²) in [5.74, 6) is -1.55. The van der Waals surface area contributed by atoms with E-state index < -0.39 is 23.7 Å². The second-order valence-electron chi connectivity index (χ2n) is 4.55. The average Bonchev–Trinajstić information content (AvgIpc) is 2.48. The number of esters is 1. The van der Waals surface area contributed by atoms with Crippen LogP contribution in [0.1, 0.15) is 22.8 Å². The fourth-order valence-corrected chi connectivity index (χ4v) is 2.07. The third kappa shape index (κ3) is 3.64. The first kappa shape index (κ1) is 15.1. The summed E-state index contributed by atoms with van der Waals surface area (Å²) in [7, 11) is 1.24. The van der Waals surface area contributed by atoms with Crippen LogP contribution in [0.3, 0.4) is 0 Å². The first-order valence-electron chi connectivity index (χ1n) is 6.30. The number of halogens is 2. The molecule has 0 aliphatic rings. The molecule has 2 aromatic carbocycles. The molecule has 0 bridgehead atoms. The first-order valence-corrected chi connectivity index (χ1v) is 6.30. The number of carbonyl (C=O) groups is 1. The number of aliphatic hydroxyl groups excluding tert-OH is 1. The van der Waals surface area contributed by atoms with Crippen LogP contribution >= 0.6 is 0 Å². The summed E-state index contributed by atoms with van der Waals surface area (Å²) in [6.45, 7) is 0. The molecule has 0 fully saturated rings. The third-order valence-corrected chi connectivity index (χ3v) is 3.13. The van der Waals surface area contributed by atoms with Crippen molar-refractivity contribution in [1.82, 2.24) is 0 Å². The molecule has 0 aliphatic heterocycles. The normalized spacial score (nSPS) is 12.0. The fraction of sp³-hybridized carbons (Fsp3) is 0.188. The number of hydrogen-bond acceptors (Lipinski definition) is 3. The predicted octanol–water partition coefficient (Wildman–Crippen LogP) is 2.76. The maximum Gasteiger partial charge on any atom is 0.309 e. The average molecular weight is 292 g/mol. The number of carbonyl (C=O) groups excluding carboxylic acids is 1. The van der Waals surface area contributed by atoms with Crippen LogP contribution in [0, 0.1) is 11.6 Å². The summed E-state index contributed by atoms with van der Waals surface area (Å²) in [4.78, 5) is 11.4. The summed E-state index contributed by atoms with van der Waals surface area (Å²) in [5, 5.41) is 10.3. The fourth-order valence-electron chi connectivity index (χ4n) is 2.07. The van der Waals surface area contributed by atoms with Crippen LogP contribution in [0.25, 0.3) is 0 Å². The van der Waals surface area contributed by atoms with Gasteiger partial charge < -0.3 is 9.84 Å². The maximum atomic E-state index is 13.4. The zero-order valence-corrected chi connectivity index (χ0v) is 11.3. The highest BCUT2D eigenvalue weighted by atomic mass is 19.1. The quantitative estimate of drug-likeness (QED) is 0.881.